The number of benzene rings is 2. The number of nitrogens with zero attached hydrogens (tertiary/aromatic N) is 1. The van der Waals surface area contributed by atoms with E-state index in [0.717, 1.165) is 34.1 Å². The first-order valence-corrected chi connectivity index (χ1v) is 8.59. The molecule has 0 amide bonds. The molecule has 1 heterocycles. The first-order chi connectivity index (χ1) is 12.6. The van der Waals surface area contributed by atoms with Crippen LogP contribution in [0.1, 0.15) is 18.1 Å². The van der Waals surface area contributed by atoms with Gasteiger partial charge in [0.05, 0.1) is 20.3 Å². The Balaban J connectivity index is 1.78. The van der Waals surface area contributed by atoms with E-state index in [9.17, 15) is 5.11 Å². The minimum absolute atomic E-state index is 0.263. The van der Waals surface area contributed by atoms with Crippen molar-refractivity contribution in [3.8, 4) is 23.0 Å². The van der Waals surface area contributed by atoms with E-state index in [0.29, 0.717) is 19.6 Å². The van der Waals surface area contributed by atoms with E-state index in [-0.39, 0.29) is 6.79 Å². The maximum atomic E-state index is 9.90. The molecule has 1 unspecified atom stereocenters. The minimum Gasteiger partial charge on any atom is -0.497 e. The van der Waals surface area contributed by atoms with Gasteiger partial charge in [0.1, 0.15) is 11.5 Å². The molecular weight excluding hydrogens is 334 g/mol. The van der Waals surface area contributed by atoms with Crippen molar-refractivity contribution in [1.29, 1.82) is 0 Å². The van der Waals surface area contributed by atoms with Gasteiger partial charge in [0.15, 0.2) is 11.5 Å². The van der Waals surface area contributed by atoms with Crippen molar-refractivity contribution in [2.45, 2.75) is 26.1 Å². The lowest BCUT2D eigenvalue weighted by atomic mass is 10.1. The van der Waals surface area contributed by atoms with Crippen LogP contribution < -0.4 is 18.9 Å². The van der Waals surface area contributed by atoms with Crippen LogP contribution in [0, 0.1) is 0 Å². The smallest absolute Gasteiger partial charge is 0.231 e. The van der Waals surface area contributed by atoms with Gasteiger partial charge in [-0.15, -0.1) is 0 Å². The predicted octanol–water partition coefficient (Wildman–Crippen LogP) is 2.82. The fraction of sp³-hybridized carbons (Fsp3) is 0.400. The zero-order valence-electron chi connectivity index (χ0n) is 15.4. The average molecular weight is 359 g/mol. The highest BCUT2D eigenvalue weighted by molar-refractivity contribution is 5.44. The fourth-order valence-electron chi connectivity index (χ4n) is 3.08. The summed E-state index contributed by atoms with van der Waals surface area (Å²) in [4.78, 5) is 2.17. The van der Waals surface area contributed by atoms with E-state index in [1.807, 2.05) is 36.4 Å². The van der Waals surface area contributed by atoms with Gasteiger partial charge in [0, 0.05) is 31.3 Å². The molecule has 3 rings (SSSR count). The van der Waals surface area contributed by atoms with Gasteiger partial charge in [-0.1, -0.05) is 12.1 Å². The highest BCUT2D eigenvalue weighted by atomic mass is 16.7. The molecule has 1 N–H and O–H groups in total. The molecule has 26 heavy (non-hydrogen) atoms. The maximum absolute atomic E-state index is 9.90. The third kappa shape index (κ3) is 4.39. The first-order valence-electron chi connectivity index (χ1n) is 8.59. The highest BCUT2D eigenvalue weighted by Gasteiger charge is 2.17. The van der Waals surface area contributed by atoms with Gasteiger partial charge in [-0.3, -0.25) is 4.90 Å². The molecular formula is C20H25NO5. The van der Waals surface area contributed by atoms with Crippen molar-refractivity contribution in [3.05, 3.63) is 47.5 Å². The maximum Gasteiger partial charge on any atom is 0.231 e. The number of aliphatic hydroxyl groups is 1. The van der Waals surface area contributed by atoms with Gasteiger partial charge in [0.2, 0.25) is 6.79 Å². The summed E-state index contributed by atoms with van der Waals surface area (Å²) in [7, 11) is 3.28. The zero-order valence-corrected chi connectivity index (χ0v) is 15.4. The van der Waals surface area contributed by atoms with Crippen molar-refractivity contribution in [1.82, 2.24) is 4.90 Å². The monoisotopic (exact) mass is 359 g/mol. The van der Waals surface area contributed by atoms with E-state index in [1.54, 1.807) is 21.1 Å². The molecule has 6 nitrogen and oxygen atoms in total. The number of ether oxygens (including phenoxy) is 4. The molecule has 1 aliphatic heterocycles. The molecule has 140 valence electrons. The highest BCUT2D eigenvalue weighted by Crippen LogP contribution is 2.33. The molecule has 0 aromatic heterocycles. The molecule has 0 radical (unpaired) electrons. The molecule has 0 saturated heterocycles. The van der Waals surface area contributed by atoms with Gasteiger partial charge in [-0.25, -0.2) is 0 Å². The second kappa shape index (κ2) is 8.29. The SMILES string of the molecule is COc1ccc(CN(Cc2ccc3c(c2)OCO3)CC(C)O)c(OC)c1. The Morgan fingerprint density at radius 2 is 1.85 bits per heavy atom. The summed E-state index contributed by atoms with van der Waals surface area (Å²) in [5.74, 6) is 3.06. The normalized spacial score (nSPS) is 13.7. The first kappa shape index (κ1) is 18.4. The summed E-state index contributed by atoms with van der Waals surface area (Å²) in [5, 5.41) is 9.90. The third-order valence-electron chi connectivity index (χ3n) is 4.25. The second-order valence-electron chi connectivity index (χ2n) is 6.38. The van der Waals surface area contributed by atoms with Crippen LogP contribution in [0.15, 0.2) is 36.4 Å². The van der Waals surface area contributed by atoms with Gasteiger partial charge in [0.25, 0.3) is 0 Å². The number of methoxy groups -OCH3 is 2. The summed E-state index contributed by atoms with van der Waals surface area (Å²) >= 11 is 0. The van der Waals surface area contributed by atoms with Crippen molar-refractivity contribution in [2.24, 2.45) is 0 Å². The van der Waals surface area contributed by atoms with E-state index in [1.165, 1.54) is 0 Å². The van der Waals surface area contributed by atoms with Crippen LogP contribution in [0.25, 0.3) is 0 Å². The number of hydrogen-bond donors (Lipinski definition) is 1. The van der Waals surface area contributed by atoms with E-state index in [2.05, 4.69) is 4.90 Å². The summed E-state index contributed by atoms with van der Waals surface area (Å²) in [6.07, 6.45) is -0.437. The molecule has 0 fully saturated rings. The molecule has 2 aromatic carbocycles. The largest absolute Gasteiger partial charge is 0.497 e. The summed E-state index contributed by atoms with van der Waals surface area (Å²) in [6.45, 7) is 3.92. The van der Waals surface area contributed by atoms with Crippen LogP contribution in [0.3, 0.4) is 0 Å². The van der Waals surface area contributed by atoms with Gasteiger partial charge >= 0.3 is 0 Å². The van der Waals surface area contributed by atoms with E-state index in [4.69, 9.17) is 18.9 Å². The van der Waals surface area contributed by atoms with Crippen LogP contribution in [0.5, 0.6) is 23.0 Å². The molecule has 0 saturated carbocycles. The predicted molar refractivity (Wildman–Crippen MR) is 97.9 cm³/mol. The van der Waals surface area contributed by atoms with Crippen molar-refractivity contribution < 1.29 is 24.1 Å². The van der Waals surface area contributed by atoms with Crippen molar-refractivity contribution in [2.75, 3.05) is 27.6 Å². The van der Waals surface area contributed by atoms with Crippen LogP contribution in [0.2, 0.25) is 0 Å². The third-order valence-corrected chi connectivity index (χ3v) is 4.25. The number of fused-ring (bicyclic) bond motifs is 1. The van der Waals surface area contributed by atoms with E-state index < -0.39 is 6.10 Å². The quantitative estimate of drug-likeness (QED) is 0.782. The van der Waals surface area contributed by atoms with Crippen LogP contribution in [0.4, 0.5) is 0 Å². The Kier molecular flexibility index (Phi) is 5.85. The lowest BCUT2D eigenvalue weighted by Crippen LogP contribution is -2.30. The van der Waals surface area contributed by atoms with Crippen molar-refractivity contribution >= 4 is 0 Å². The van der Waals surface area contributed by atoms with Gasteiger partial charge < -0.3 is 24.1 Å². The Bertz CT molecular complexity index is 747. The summed E-state index contributed by atoms with van der Waals surface area (Å²) in [5.41, 5.74) is 2.14. The molecule has 1 atom stereocenters. The van der Waals surface area contributed by atoms with Crippen LogP contribution in [-0.2, 0) is 13.1 Å². The summed E-state index contributed by atoms with van der Waals surface area (Å²) in [6, 6.07) is 11.7. The molecule has 2 aromatic rings. The fourth-order valence-corrected chi connectivity index (χ4v) is 3.08. The summed E-state index contributed by atoms with van der Waals surface area (Å²) < 4.78 is 21.6. The molecule has 0 aliphatic carbocycles. The van der Waals surface area contributed by atoms with Gasteiger partial charge in [-0.05, 0) is 30.7 Å². The average Bonchev–Trinajstić information content (AvgIpc) is 3.09. The zero-order chi connectivity index (χ0) is 18.5. The Morgan fingerprint density at radius 1 is 1.04 bits per heavy atom. The van der Waals surface area contributed by atoms with Gasteiger partial charge in [-0.2, -0.15) is 0 Å². The Hall–Kier alpha value is -2.44. The van der Waals surface area contributed by atoms with Crippen LogP contribution in [-0.4, -0.2) is 43.7 Å². The second-order valence-corrected chi connectivity index (χ2v) is 6.38. The number of aliphatic hydroxyl groups excluding tert-OH is 1. The van der Waals surface area contributed by atoms with Crippen LogP contribution >= 0.6 is 0 Å². The van der Waals surface area contributed by atoms with E-state index >= 15 is 0 Å². The lowest BCUT2D eigenvalue weighted by molar-refractivity contribution is 0.117. The standard InChI is InChI=1S/C20H25NO5/c1-14(22)10-21(11-15-4-7-18-20(8-15)26-13-25-18)12-16-5-6-17(23-2)9-19(16)24-3/h4-9,14,22H,10-13H2,1-3H3. The number of hydrogen-bond acceptors (Lipinski definition) is 6. The Morgan fingerprint density at radius 3 is 2.58 bits per heavy atom. The molecule has 0 spiro atoms. The van der Waals surface area contributed by atoms with Crippen molar-refractivity contribution in [3.63, 3.8) is 0 Å². The molecule has 0 bridgehead atoms. The molecule has 6 heteroatoms. The topological polar surface area (TPSA) is 60.4 Å². The minimum atomic E-state index is -0.437. The molecule has 1 aliphatic rings. The lowest BCUT2D eigenvalue weighted by Gasteiger charge is -2.25. The number of rotatable bonds is 8. The Labute approximate surface area is 153 Å².